The Morgan fingerprint density at radius 3 is 2.80 bits per heavy atom. The number of aryl methyl sites for hydroxylation is 1. The molecule has 1 aromatic rings. The van der Waals surface area contributed by atoms with E-state index in [9.17, 15) is 0 Å². The quantitative estimate of drug-likeness (QED) is 0.811. The zero-order valence-electron chi connectivity index (χ0n) is 13.0. The van der Waals surface area contributed by atoms with Crippen LogP contribution in [0, 0.1) is 12.3 Å². The molecule has 0 aromatic heterocycles. The van der Waals surface area contributed by atoms with E-state index in [0.717, 1.165) is 29.6 Å². The van der Waals surface area contributed by atoms with E-state index in [1.165, 1.54) is 12.0 Å². The van der Waals surface area contributed by atoms with Gasteiger partial charge in [0, 0.05) is 22.4 Å². The Bertz CT molecular complexity index is 462. The zero-order chi connectivity index (χ0) is 14.8. The van der Waals surface area contributed by atoms with Crippen molar-refractivity contribution in [2.75, 3.05) is 6.54 Å². The average Bonchev–Trinajstić information content (AvgIpc) is 2.44. The summed E-state index contributed by atoms with van der Waals surface area (Å²) in [6.07, 6.45) is 3.75. The zero-order valence-corrected chi connectivity index (χ0v) is 14.6. The highest BCUT2D eigenvalue weighted by molar-refractivity contribution is 9.10. The maximum atomic E-state index is 6.31. The molecule has 1 aromatic carbocycles. The second-order valence-corrected chi connectivity index (χ2v) is 7.03. The molecule has 3 heteroatoms. The molecule has 0 spiro atoms. The third-order valence-corrected chi connectivity index (χ3v) is 5.30. The molecule has 1 N–H and O–H groups in total. The minimum absolute atomic E-state index is 0.240. The van der Waals surface area contributed by atoms with Gasteiger partial charge in [0.15, 0.2) is 0 Å². The lowest BCUT2D eigenvalue weighted by molar-refractivity contribution is -0.0704. The Balaban J connectivity index is 2.05. The van der Waals surface area contributed by atoms with Crippen molar-refractivity contribution >= 4 is 15.9 Å². The molecule has 2 rings (SSSR count). The summed E-state index contributed by atoms with van der Waals surface area (Å²) in [5, 5.41) is 3.66. The summed E-state index contributed by atoms with van der Waals surface area (Å²) in [7, 11) is 0. The fourth-order valence-electron chi connectivity index (χ4n) is 2.96. The van der Waals surface area contributed by atoms with Crippen LogP contribution in [0.15, 0.2) is 22.7 Å². The first-order chi connectivity index (χ1) is 9.51. The first-order valence-corrected chi connectivity index (χ1v) is 8.46. The molecular formula is C17H26BrNO. The smallest absolute Gasteiger partial charge is 0.123 e. The number of halogens is 1. The molecule has 2 nitrogen and oxygen atoms in total. The average molecular weight is 340 g/mol. The van der Waals surface area contributed by atoms with Crippen LogP contribution in [-0.4, -0.2) is 18.7 Å². The summed E-state index contributed by atoms with van der Waals surface area (Å²) >= 11 is 3.53. The number of nitrogens with one attached hydrogen (secondary N) is 1. The van der Waals surface area contributed by atoms with E-state index in [4.69, 9.17) is 4.74 Å². The number of rotatable bonds is 6. The Kier molecular flexibility index (Phi) is 5.14. The molecule has 0 saturated heterocycles. The van der Waals surface area contributed by atoms with E-state index in [1.54, 1.807) is 0 Å². The van der Waals surface area contributed by atoms with Gasteiger partial charge in [-0.1, -0.05) is 42.8 Å². The predicted octanol–water partition coefficient (Wildman–Crippen LogP) is 4.69. The van der Waals surface area contributed by atoms with Crippen LogP contribution >= 0.6 is 15.9 Å². The molecule has 0 bridgehead atoms. The number of hydrogen-bond acceptors (Lipinski definition) is 2. The Hall–Kier alpha value is -0.540. The Morgan fingerprint density at radius 1 is 1.40 bits per heavy atom. The maximum Gasteiger partial charge on any atom is 0.123 e. The van der Waals surface area contributed by atoms with E-state index < -0.39 is 0 Å². The topological polar surface area (TPSA) is 21.3 Å². The molecule has 0 radical (unpaired) electrons. The minimum atomic E-state index is 0.240. The van der Waals surface area contributed by atoms with Crippen molar-refractivity contribution in [1.82, 2.24) is 5.32 Å². The van der Waals surface area contributed by atoms with Gasteiger partial charge in [-0.3, -0.25) is 0 Å². The summed E-state index contributed by atoms with van der Waals surface area (Å²) in [5.41, 5.74) is 1.45. The van der Waals surface area contributed by atoms with Gasteiger partial charge in [0.1, 0.15) is 11.9 Å². The summed E-state index contributed by atoms with van der Waals surface area (Å²) in [4.78, 5) is 0. The molecule has 1 saturated carbocycles. The normalized spacial score (nSPS) is 29.1. The number of ether oxygens (including phenoxy) is 1. The number of benzene rings is 1. The van der Waals surface area contributed by atoms with Crippen molar-refractivity contribution in [2.24, 2.45) is 5.41 Å². The van der Waals surface area contributed by atoms with E-state index in [1.807, 2.05) is 0 Å². The Morgan fingerprint density at radius 2 is 2.15 bits per heavy atom. The van der Waals surface area contributed by atoms with Crippen molar-refractivity contribution in [3.8, 4) is 5.75 Å². The summed E-state index contributed by atoms with van der Waals surface area (Å²) in [6, 6.07) is 6.84. The summed E-state index contributed by atoms with van der Waals surface area (Å²) in [6.45, 7) is 10.0. The summed E-state index contributed by atoms with van der Waals surface area (Å²) in [5.74, 6) is 1.01. The van der Waals surface area contributed by atoms with Gasteiger partial charge in [0.2, 0.25) is 0 Å². The van der Waals surface area contributed by atoms with Gasteiger partial charge >= 0.3 is 0 Å². The van der Waals surface area contributed by atoms with E-state index in [2.05, 4.69) is 67.1 Å². The Labute approximate surface area is 131 Å². The second-order valence-electron chi connectivity index (χ2n) is 6.12. The molecule has 0 amide bonds. The molecule has 1 aliphatic carbocycles. The second kappa shape index (κ2) is 6.48. The van der Waals surface area contributed by atoms with Gasteiger partial charge in [-0.15, -0.1) is 0 Å². The first-order valence-electron chi connectivity index (χ1n) is 7.67. The van der Waals surface area contributed by atoms with Crippen LogP contribution in [0.5, 0.6) is 5.75 Å². The first kappa shape index (κ1) is 15.8. The largest absolute Gasteiger partial charge is 0.489 e. The lowest BCUT2D eigenvalue weighted by atomic mass is 9.61. The highest BCUT2D eigenvalue weighted by atomic mass is 79.9. The molecular weight excluding hydrogens is 314 g/mol. The molecule has 20 heavy (non-hydrogen) atoms. The number of hydrogen-bond donors (Lipinski definition) is 1. The molecule has 0 aliphatic heterocycles. The van der Waals surface area contributed by atoms with Crippen LogP contribution in [0.2, 0.25) is 0 Å². The molecule has 1 aliphatic rings. The minimum Gasteiger partial charge on any atom is -0.489 e. The highest BCUT2D eigenvalue weighted by Crippen LogP contribution is 2.46. The van der Waals surface area contributed by atoms with Gasteiger partial charge in [-0.2, -0.15) is 0 Å². The summed E-state index contributed by atoms with van der Waals surface area (Å²) < 4.78 is 7.39. The lowest BCUT2D eigenvalue weighted by Crippen LogP contribution is -2.63. The van der Waals surface area contributed by atoms with Crippen LogP contribution < -0.4 is 10.1 Å². The molecule has 3 atom stereocenters. The van der Waals surface area contributed by atoms with Crippen molar-refractivity contribution in [1.29, 1.82) is 0 Å². The molecule has 0 heterocycles. The van der Waals surface area contributed by atoms with Crippen LogP contribution in [0.1, 0.15) is 45.6 Å². The van der Waals surface area contributed by atoms with Gasteiger partial charge in [-0.05, 0) is 44.0 Å². The van der Waals surface area contributed by atoms with Gasteiger partial charge in [0.25, 0.3) is 0 Å². The molecule has 1 fully saturated rings. The third kappa shape index (κ3) is 3.04. The van der Waals surface area contributed by atoms with Crippen molar-refractivity contribution < 1.29 is 4.74 Å². The van der Waals surface area contributed by atoms with Gasteiger partial charge in [0.05, 0.1) is 0 Å². The van der Waals surface area contributed by atoms with E-state index in [-0.39, 0.29) is 5.41 Å². The fraction of sp³-hybridized carbons (Fsp3) is 0.647. The standard InChI is InChI=1S/C17H26BrNO/c1-5-9-19-15-11-16(17(15,4)6-2)20-14-10-13(18)8-7-12(14)3/h7-8,10,15-16,19H,5-6,9,11H2,1-4H3. The SMILES string of the molecule is CCCNC1CC(Oc2cc(Br)ccc2C)C1(C)CC. The van der Waals surface area contributed by atoms with Crippen molar-refractivity contribution in [3.05, 3.63) is 28.2 Å². The van der Waals surface area contributed by atoms with Crippen LogP contribution in [0.25, 0.3) is 0 Å². The van der Waals surface area contributed by atoms with E-state index in [0.29, 0.717) is 12.1 Å². The van der Waals surface area contributed by atoms with Gasteiger partial charge in [-0.25, -0.2) is 0 Å². The maximum absolute atomic E-state index is 6.31. The van der Waals surface area contributed by atoms with Crippen LogP contribution in [0.3, 0.4) is 0 Å². The van der Waals surface area contributed by atoms with Crippen LogP contribution in [0.4, 0.5) is 0 Å². The molecule has 3 unspecified atom stereocenters. The predicted molar refractivity (Wildman–Crippen MR) is 88.4 cm³/mol. The van der Waals surface area contributed by atoms with Crippen molar-refractivity contribution in [2.45, 2.75) is 59.1 Å². The van der Waals surface area contributed by atoms with Crippen LogP contribution in [-0.2, 0) is 0 Å². The highest BCUT2D eigenvalue weighted by Gasteiger charge is 2.51. The van der Waals surface area contributed by atoms with Gasteiger partial charge < -0.3 is 10.1 Å². The lowest BCUT2D eigenvalue weighted by Gasteiger charge is -2.53. The fourth-order valence-corrected chi connectivity index (χ4v) is 3.30. The van der Waals surface area contributed by atoms with E-state index >= 15 is 0 Å². The van der Waals surface area contributed by atoms with Crippen molar-refractivity contribution in [3.63, 3.8) is 0 Å². The third-order valence-electron chi connectivity index (χ3n) is 4.80. The monoisotopic (exact) mass is 339 g/mol. The molecule has 112 valence electrons.